The number of carbonyl (C=O) groups excluding carboxylic acids is 1. The van der Waals surface area contributed by atoms with E-state index in [1.807, 2.05) is 51.1 Å². The maximum Gasteiger partial charge on any atom is 0.277 e. The molecule has 2 heterocycles. The quantitative estimate of drug-likeness (QED) is 0.587. The highest BCUT2D eigenvalue weighted by Gasteiger charge is 2.21. The topological polar surface area (TPSA) is 92.2 Å². The number of aromatic nitrogens is 4. The summed E-state index contributed by atoms with van der Waals surface area (Å²) < 4.78 is 1.41. The van der Waals surface area contributed by atoms with E-state index in [0.29, 0.717) is 11.0 Å². The molecule has 4 rings (SSSR count). The minimum atomic E-state index is -0.432. The van der Waals surface area contributed by atoms with Crippen LogP contribution in [0, 0.1) is 13.8 Å². The fourth-order valence-electron chi connectivity index (χ4n) is 3.41. The third-order valence-electron chi connectivity index (χ3n) is 4.72. The van der Waals surface area contributed by atoms with Crippen molar-refractivity contribution in [1.29, 1.82) is 0 Å². The zero-order valence-electron chi connectivity index (χ0n) is 15.3. The van der Waals surface area contributed by atoms with Crippen LogP contribution < -0.4 is 10.9 Å². The Hall–Kier alpha value is -3.48. The molecule has 7 nitrogen and oxygen atoms in total. The number of para-hydroxylation sites is 2. The summed E-state index contributed by atoms with van der Waals surface area (Å²) in [5.74, 6) is -0.432. The van der Waals surface area contributed by atoms with Gasteiger partial charge in [0.05, 0.1) is 17.1 Å². The van der Waals surface area contributed by atoms with Crippen LogP contribution in [0.1, 0.15) is 40.1 Å². The van der Waals surface area contributed by atoms with Crippen LogP contribution in [0.15, 0.2) is 47.3 Å². The van der Waals surface area contributed by atoms with Crippen LogP contribution >= 0.6 is 0 Å². The first-order valence-corrected chi connectivity index (χ1v) is 8.70. The van der Waals surface area contributed by atoms with E-state index in [-0.39, 0.29) is 17.3 Å². The number of benzene rings is 2. The average molecular weight is 361 g/mol. The van der Waals surface area contributed by atoms with Gasteiger partial charge in [-0.1, -0.05) is 41.1 Å². The molecule has 2 aromatic carbocycles. The van der Waals surface area contributed by atoms with Crippen molar-refractivity contribution in [3.63, 3.8) is 0 Å². The van der Waals surface area contributed by atoms with Crippen molar-refractivity contribution in [1.82, 2.24) is 25.1 Å². The summed E-state index contributed by atoms with van der Waals surface area (Å²) in [7, 11) is 0. The Balaban J connectivity index is 1.73. The lowest BCUT2D eigenvalue weighted by molar-refractivity contribution is 0.0936. The zero-order valence-corrected chi connectivity index (χ0v) is 15.3. The zero-order chi connectivity index (χ0) is 19.1. The lowest BCUT2D eigenvalue weighted by Crippen LogP contribution is -2.28. The molecule has 0 aliphatic rings. The second-order valence-electron chi connectivity index (χ2n) is 6.72. The fourth-order valence-corrected chi connectivity index (χ4v) is 3.41. The third-order valence-corrected chi connectivity index (χ3v) is 4.72. The first-order valence-electron chi connectivity index (χ1n) is 8.70. The first-order chi connectivity index (χ1) is 13.0. The number of hydrogen-bond donors (Lipinski definition) is 2. The van der Waals surface area contributed by atoms with E-state index in [4.69, 9.17) is 0 Å². The molecule has 1 atom stereocenters. The molecule has 7 heteroatoms. The average Bonchev–Trinajstić information content (AvgIpc) is 3.08. The molecule has 0 spiro atoms. The van der Waals surface area contributed by atoms with Gasteiger partial charge in [0.15, 0.2) is 11.2 Å². The Bertz CT molecular complexity index is 1240. The summed E-state index contributed by atoms with van der Waals surface area (Å²) in [6.45, 7) is 5.94. The van der Waals surface area contributed by atoms with E-state index in [0.717, 1.165) is 16.7 Å². The lowest BCUT2D eigenvalue weighted by Gasteiger charge is -2.16. The number of amides is 1. The van der Waals surface area contributed by atoms with Crippen LogP contribution in [-0.4, -0.2) is 25.7 Å². The third kappa shape index (κ3) is 2.87. The number of hydrogen-bond acceptors (Lipinski definition) is 4. The number of H-pyrrole nitrogens is 1. The van der Waals surface area contributed by atoms with Gasteiger partial charge in [0, 0.05) is 0 Å². The molecule has 0 unspecified atom stereocenters. The molecular weight excluding hydrogens is 342 g/mol. The molecule has 136 valence electrons. The minimum absolute atomic E-state index is 0.0126. The normalized spacial score (nSPS) is 12.4. The summed E-state index contributed by atoms with van der Waals surface area (Å²) in [6, 6.07) is 13.1. The first kappa shape index (κ1) is 17.0. The molecule has 0 aliphatic carbocycles. The molecule has 0 saturated heterocycles. The van der Waals surface area contributed by atoms with E-state index >= 15 is 0 Å². The largest absolute Gasteiger partial charge is 0.344 e. The summed E-state index contributed by atoms with van der Waals surface area (Å²) >= 11 is 0. The summed E-state index contributed by atoms with van der Waals surface area (Å²) in [5, 5.41) is 10.9. The van der Waals surface area contributed by atoms with Crippen molar-refractivity contribution in [3.8, 4) is 0 Å². The predicted octanol–water partition coefficient (Wildman–Crippen LogP) is 2.68. The minimum Gasteiger partial charge on any atom is -0.344 e. The number of rotatable bonds is 3. The van der Waals surface area contributed by atoms with E-state index < -0.39 is 11.5 Å². The van der Waals surface area contributed by atoms with Gasteiger partial charge < -0.3 is 10.3 Å². The van der Waals surface area contributed by atoms with Crippen LogP contribution in [0.5, 0.6) is 0 Å². The number of nitrogens with one attached hydrogen (secondary N) is 2. The molecule has 0 bridgehead atoms. The van der Waals surface area contributed by atoms with Crippen molar-refractivity contribution >= 4 is 22.5 Å². The number of aromatic amines is 1. The Morgan fingerprint density at radius 1 is 1.19 bits per heavy atom. The number of carbonyl (C=O) groups is 1. The van der Waals surface area contributed by atoms with Crippen LogP contribution in [0.25, 0.3) is 16.6 Å². The molecule has 0 radical (unpaired) electrons. The van der Waals surface area contributed by atoms with E-state index in [1.54, 1.807) is 6.07 Å². The highest BCUT2D eigenvalue weighted by atomic mass is 16.2. The fraction of sp³-hybridized carbons (Fsp3) is 0.200. The standard InChI is InChI=1S/C20H19N5O2/c1-11-8-9-14(12(2)10-11)13(3)21-19(26)17-18-20(27)22-15-6-4-5-7-16(15)25(18)24-23-17/h4-10,13H,1-3H3,(H,21,26)(H,22,27)/t13-/m1/s1. The van der Waals surface area contributed by atoms with Gasteiger partial charge in [0.1, 0.15) is 0 Å². The van der Waals surface area contributed by atoms with Crippen LogP contribution in [-0.2, 0) is 0 Å². The van der Waals surface area contributed by atoms with E-state index in [2.05, 4.69) is 26.7 Å². The van der Waals surface area contributed by atoms with Crippen LogP contribution in [0.4, 0.5) is 0 Å². The monoisotopic (exact) mass is 361 g/mol. The predicted molar refractivity (Wildman–Crippen MR) is 103 cm³/mol. The second kappa shape index (κ2) is 6.35. The van der Waals surface area contributed by atoms with Gasteiger partial charge in [-0.25, -0.2) is 4.52 Å². The van der Waals surface area contributed by atoms with Gasteiger partial charge >= 0.3 is 0 Å². The molecule has 2 N–H and O–H groups in total. The maximum absolute atomic E-state index is 12.8. The Kier molecular flexibility index (Phi) is 3.99. The van der Waals surface area contributed by atoms with Crippen LogP contribution in [0.2, 0.25) is 0 Å². The molecule has 0 saturated carbocycles. The van der Waals surface area contributed by atoms with Gasteiger partial charge in [-0.15, -0.1) is 5.10 Å². The molecule has 1 amide bonds. The highest BCUT2D eigenvalue weighted by molar-refractivity contribution is 5.99. The lowest BCUT2D eigenvalue weighted by atomic mass is 10.0. The van der Waals surface area contributed by atoms with Crippen molar-refractivity contribution in [2.24, 2.45) is 0 Å². The van der Waals surface area contributed by atoms with Gasteiger partial charge in [-0.2, -0.15) is 0 Å². The van der Waals surface area contributed by atoms with Crippen molar-refractivity contribution < 1.29 is 4.79 Å². The van der Waals surface area contributed by atoms with Crippen molar-refractivity contribution in [3.05, 3.63) is 75.2 Å². The number of aryl methyl sites for hydroxylation is 2. The molecular formula is C20H19N5O2. The molecule has 2 aromatic heterocycles. The SMILES string of the molecule is Cc1ccc([C@@H](C)NC(=O)c2nnn3c2c(=O)[nH]c2ccccc23)c(C)c1. The summed E-state index contributed by atoms with van der Waals surface area (Å²) in [6.07, 6.45) is 0. The van der Waals surface area contributed by atoms with Crippen molar-refractivity contribution in [2.75, 3.05) is 0 Å². The molecule has 0 fully saturated rings. The molecule has 4 aromatic rings. The summed E-state index contributed by atoms with van der Waals surface area (Å²) in [5.41, 5.74) is 4.35. The summed E-state index contributed by atoms with van der Waals surface area (Å²) in [4.78, 5) is 28.1. The van der Waals surface area contributed by atoms with Crippen LogP contribution in [0.3, 0.4) is 0 Å². The number of nitrogens with zero attached hydrogens (tertiary/aromatic N) is 3. The maximum atomic E-state index is 12.8. The Morgan fingerprint density at radius 3 is 2.74 bits per heavy atom. The Labute approximate surface area is 155 Å². The molecule has 27 heavy (non-hydrogen) atoms. The smallest absolute Gasteiger partial charge is 0.277 e. The molecule has 0 aliphatic heterocycles. The highest BCUT2D eigenvalue weighted by Crippen LogP contribution is 2.19. The Morgan fingerprint density at radius 2 is 1.96 bits per heavy atom. The number of fused-ring (bicyclic) bond motifs is 3. The van der Waals surface area contributed by atoms with Gasteiger partial charge in [0.2, 0.25) is 0 Å². The van der Waals surface area contributed by atoms with Gasteiger partial charge in [-0.05, 0) is 44.0 Å². The van der Waals surface area contributed by atoms with Crippen molar-refractivity contribution in [2.45, 2.75) is 26.8 Å². The van der Waals surface area contributed by atoms with Gasteiger partial charge in [-0.3, -0.25) is 9.59 Å². The van der Waals surface area contributed by atoms with E-state index in [9.17, 15) is 9.59 Å². The van der Waals surface area contributed by atoms with Gasteiger partial charge in [0.25, 0.3) is 11.5 Å². The second-order valence-corrected chi connectivity index (χ2v) is 6.72. The van der Waals surface area contributed by atoms with E-state index in [1.165, 1.54) is 4.52 Å².